The van der Waals surface area contributed by atoms with Crippen molar-refractivity contribution in [2.75, 3.05) is 5.32 Å². The van der Waals surface area contributed by atoms with Gasteiger partial charge in [-0.2, -0.15) is 13.2 Å². The van der Waals surface area contributed by atoms with E-state index in [0.29, 0.717) is 17.7 Å². The Morgan fingerprint density at radius 3 is 2.45 bits per heavy atom. The molecule has 0 saturated carbocycles. The first-order valence-corrected chi connectivity index (χ1v) is 12.6. The second-order valence-electron chi connectivity index (χ2n) is 9.30. The number of benzene rings is 2. The normalized spacial score (nSPS) is 14.6. The lowest BCUT2D eigenvalue weighted by molar-refractivity contribution is -0.137. The Balaban J connectivity index is 1.58. The van der Waals surface area contributed by atoms with Crippen LogP contribution >= 0.6 is 11.6 Å². The van der Waals surface area contributed by atoms with Crippen molar-refractivity contribution in [1.29, 1.82) is 0 Å². The SMILES string of the molecule is O=C1Cn2c(C(=O)NCc3ccncc3)cc(NC(=O)c3cc(F)cc(C(F)(F)F)c3)c2C(c2cc(F)ccc2Cl)N1. The Morgan fingerprint density at radius 2 is 1.74 bits per heavy atom. The van der Waals surface area contributed by atoms with Crippen molar-refractivity contribution < 1.29 is 36.3 Å². The number of nitrogens with zero attached hydrogens (tertiary/aromatic N) is 2. The fourth-order valence-electron chi connectivity index (χ4n) is 4.57. The minimum Gasteiger partial charge on any atom is -0.347 e. The fourth-order valence-corrected chi connectivity index (χ4v) is 4.79. The number of hydrogen-bond acceptors (Lipinski definition) is 4. The molecule has 0 aliphatic carbocycles. The number of pyridine rings is 1. The zero-order valence-electron chi connectivity index (χ0n) is 21.2. The van der Waals surface area contributed by atoms with Gasteiger partial charge in [0.15, 0.2) is 0 Å². The van der Waals surface area contributed by atoms with Gasteiger partial charge in [-0.15, -0.1) is 0 Å². The number of halogens is 6. The molecule has 216 valence electrons. The van der Waals surface area contributed by atoms with Crippen molar-refractivity contribution in [1.82, 2.24) is 20.2 Å². The molecule has 1 unspecified atom stereocenters. The van der Waals surface area contributed by atoms with Gasteiger partial charge >= 0.3 is 6.18 Å². The maximum atomic E-state index is 14.2. The highest BCUT2D eigenvalue weighted by molar-refractivity contribution is 6.31. The molecule has 0 spiro atoms. The third kappa shape index (κ3) is 5.96. The van der Waals surface area contributed by atoms with Crippen molar-refractivity contribution in [2.45, 2.75) is 25.3 Å². The van der Waals surface area contributed by atoms with Gasteiger partial charge in [-0.05, 0) is 60.2 Å². The summed E-state index contributed by atoms with van der Waals surface area (Å²) >= 11 is 6.32. The Kier molecular flexibility index (Phi) is 7.69. The summed E-state index contributed by atoms with van der Waals surface area (Å²) in [7, 11) is 0. The summed E-state index contributed by atoms with van der Waals surface area (Å²) in [6.45, 7) is -0.302. The third-order valence-electron chi connectivity index (χ3n) is 6.46. The zero-order valence-corrected chi connectivity index (χ0v) is 22.0. The molecule has 3 N–H and O–H groups in total. The molecule has 14 heteroatoms. The van der Waals surface area contributed by atoms with E-state index < -0.39 is 52.7 Å². The molecule has 0 fully saturated rings. The number of carbonyl (C=O) groups excluding carboxylic acids is 3. The molecule has 0 saturated heterocycles. The number of amides is 3. The summed E-state index contributed by atoms with van der Waals surface area (Å²) in [5, 5.41) is 7.81. The maximum Gasteiger partial charge on any atom is 0.416 e. The lowest BCUT2D eigenvalue weighted by Gasteiger charge is -2.29. The standard InChI is InChI=1S/C28H19ClF5N5O3/c29-20-2-1-17(30)10-19(20)24-25-21(37-26(41)15-7-16(28(32,33)34)9-18(31)8-15)11-22(39(25)13-23(40)38-24)27(42)36-12-14-3-5-35-6-4-14/h1-11,24H,12-13H2,(H,36,42)(H,37,41)(H,38,40). The van der Waals surface area contributed by atoms with Crippen LogP contribution in [0.5, 0.6) is 0 Å². The molecule has 0 bridgehead atoms. The summed E-state index contributed by atoms with van der Waals surface area (Å²) in [4.78, 5) is 43.0. The molecule has 3 heterocycles. The number of alkyl halides is 3. The van der Waals surface area contributed by atoms with E-state index in [9.17, 15) is 36.3 Å². The Labute approximate surface area is 239 Å². The lowest BCUT2D eigenvalue weighted by atomic mass is 10.0. The van der Waals surface area contributed by atoms with Gasteiger partial charge in [-0.3, -0.25) is 19.4 Å². The second-order valence-corrected chi connectivity index (χ2v) is 9.71. The summed E-state index contributed by atoms with van der Waals surface area (Å²) in [6, 6.07) is 8.15. The van der Waals surface area contributed by atoms with Gasteiger partial charge in [0, 0.05) is 35.1 Å². The van der Waals surface area contributed by atoms with E-state index in [1.807, 2.05) is 0 Å². The number of rotatable bonds is 6. The van der Waals surface area contributed by atoms with E-state index in [-0.39, 0.29) is 46.8 Å². The average Bonchev–Trinajstić information content (AvgIpc) is 3.30. The molecule has 8 nitrogen and oxygen atoms in total. The van der Waals surface area contributed by atoms with Crippen LogP contribution in [-0.2, 0) is 24.1 Å². The Morgan fingerprint density at radius 1 is 1.00 bits per heavy atom. The highest BCUT2D eigenvalue weighted by Gasteiger charge is 2.35. The van der Waals surface area contributed by atoms with Gasteiger partial charge in [0.1, 0.15) is 23.9 Å². The van der Waals surface area contributed by atoms with E-state index in [1.54, 1.807) is 12.1 Å². The molecule has 3 amide bonds. The molecule has 42 heavy (non-hydrogen) atoms. The predicted molar refractivity (Wildman–Crippen MR) is 141 cm³/mol. The van der Waals surface area contributed by atoms with Crippen LogP contribution in [0.1, 0.15) is 49.3 Å². The fraction of sp³-hybridized carbons (Fsp3) is 0.143. The molecule has 0 radical (unpaired) electrons. The highest BCUT2D eigenvalue weighted by atomic mass is 35.5. The monoisotopic (exact) mass is 603 g/mol. The molecule has 4 aromatic rings. The minimum absolute atomic E-state index is 0.0530. The van der Waals surface area contributed by atoms with Crippen molar-refractivity contribution in [3.8, 4) is 0 Å². The number of hydrogen-bond donors (Lipinski definition) is 3. The lowest BCUT2D eigenvalue weighted by Crippen LogP contribution is -2.41. The molecule has 5 rings (SSSR count). The summed E-state index contributed by atoms with van der Waals surface area (Å²) < 4.78 is 69.3. The largest absolute Gasteiger partial charge is 0.416 e. The first kappa shape index (κ1) is 28.7. The number of aromatic nitrogens is 2. The summed E-state index contributed by atoms with van der Waals surface area (Å²) in [5.74, 6) is -4.32. The van der Waals surface area contributed by atoms with Crippen LogP contribution in [0.15, 0.2) is 67.0 Å². The molecular formula is C28H19ClF5N5O3. The van der Waals surface area contributed by atoms with Crippen molar-refractivity contribution in [3.63, 3.8) is 0 Å². The zero-order chi connectivity index (χ0) is 30.2. The molecule has 2 aromatic carbocycles. The van der Waals surface area contributed by atoms with Crippen molar-refractivity contribution in [3.05, 3.63) is 117 Å². The van der Waals surface area contributed by atoms with E-state index in [1.165, 1.54) is 29.1 Å². The maximum absolute atomic E-state index is 14.2. The first-order valence-electron chi connectivity index (χ1n) is 12.2. The number of carbonyl (C=O) groups is 3. The van der Waals surface area contributed by atoms with Gasteiger partial charge in [0.2, 0.25) is 5.91 Å². The van der Waals surface area contributed by atoms with Crippen LogP contribution in [0.4, 0.5) is 27.6 Å². The van der Waals surface area contributed by atoms with Crippen LogP contribution < -0.4 is 16.0 Å². The van der Waals surface area contributed by atoms with E-state index in [4.69, 9.17) is 11.6 Å². The topological polar surface area (TPSA) is 105 Å². The van der Waals surface area contributed by atoms with Crippen molar-refractivity contribution >= 4 is 35.0 Å². The Bertz CT molecular complexity index is 1710. The molecular weight excluding hydrogens is 585 g/mol. The van der Waals surface area contributed by atoms with Crippen LogP contribution in [0.25, 0.3) is 0 Å². The Hall–Kier alpha value is -4.78. The number of nitrogens with one attached hydrogen (secondary N) is 3. The van der Waals surface area contributed by atoms with Gasteiger partial charge in [0.25, 0.3) is 11.8 Å². The number of anilines is 1. The van der Waals surface area contributed by atoms with Crippen molar-refractivity contribution in [2.24, 2.45) is 0 Å². The molecule has 2 aromatic heterocycles. The third-order valence-corrected chi connectivity index (χ3v) is 6.80. The van der Waals surface area contributed by atoms with Crippen LogP contribution in [0.3, 0.4) is 0 Å². The summed E-state index contributed by atoms with van der Waals surface area (Å²) in [5.41, 5.74) is -1.31. The summed E-state index contributed by atoms with van der Waals surface area (Å²) in [6.07, 6.45) is -1.86. The number of fused-ring (bicyclic) bond motifs is 1. The second kappa shape index (κ2) is 11.2. The average molecular weight is 604 g/mol. The first-order chi connectivity index (χ1) is 19.9. The molecule has 1 aliphatic heterocycles. The van der Waals surface area contributed by atoms with Crippen LogP contribution in [0.2, 0.25) is 5.02 Å². The highest BCUT2D eigenvalue weighted by Crippen LogP contribution is 2.38. The quantitative estimate of drug-likeness (QED) is 0.262. The van der Waals surface area contributed by atoms with E-state index >= 15 is 0 Å². The molecule has 1 aliphatic rings. The van der Waals surface area contributed by atoms with Gasteiger partial charge in [-0.1, -0.05) is 11.6 Å². The molecule has 1 atom stereocenters. The van der Waals surface area contributed by atoms with Crippen LogP contribution in [0, 0.1) is 11.6 Å². The van der Waals surface area contributed by atoms with Crippen LogP contribution in [-0.4, -0.2) is 27.3 Å². The van der Waals surface area contributed by atoms with Gasteiger partial charge in [0.05, 0.1) is 23.0 Å². The van der Waals surface area contributed by atoms with Gasteiger partial charge < -0.3 is 20.5 Å². The van der Waals surface area contributed by atoms with Gasteiger partial charge in [-0.25, -0.2) is 8.78 Å². The predicted octanol–water partition coefficient (Wildman–Crippen LogP) is 5.24. The minimum atomic E-state index is -4.92. The van der Waals surface area contributed by atoms with E-state index in [0.717, 1.165) is 12.1 Å². The smallest absolute Gasteiger partial charge is 0.347 e. The van der Waals surface area contributed by atoms with E-state index in [2.05, 4.69) is 20.9 Å².